The lowest BCUT2D eigenvalue weighted by Gasteiger charge is -2.33. The lowest BCUT2D eigenvalue weighted by Crippen LogP contribution is -2.63. The summed E-state index contributed by atoms with van der Waals surface area (Å²) in [5, 5.41) is 0. The van der Waals surface area contributed by atoms with Gasteiger partial charge in [0.2, 0.25) is 0 Å². The first-order valence-electron chi connectivity index (χ1n) is 5.49. The maximum absolute atomic E-state index is 12.6. The van der Waals surface area contributed by atoms with Gasteiger partial charge in [-0.05, 0) is 6.42 Å². The quantitative estimate of drug-likeness (QED) is 0.591. The molecule has 0 atom stereocenters. The van der Waals surface area contributed by atoms with Crippen molar-refractivity contribution in [3.63, 3.8) is 0 Å². The van der Waals surface area contributed by atoms with Crippen molar-refractivity contribution in [1.29, 1.82) is 0 Å². The number of alkyl halides is 9. The Hall–Kier alpha value is -0.780. The van der Waals surface area contributed by atoms with Crippen LogP contribution in [0.3, 0.4) is 0 Å². The van der Waals surface area contributed by atoms with Crippen molar-refractivity contribution in [1.82, 2.24) is 0 Å². The Balaban J connectivity index is 7.79. The second-order valence-corrected chi connectivity index (χ2v) is 11.6. The molecule has 0 aliphatic rings. The van der Waals surface area contributed by atoms with Crippen LogP contribution in [0.2, 0.25) is 0 Å². The van der Waals surface area contributed by atoms with E-state index in [4.69, 9.17) is 0 Å². The highest BCUT2D eigenvalue weighted by molar-refractivity contribution is 8.26. The van der Waals surface area contributed by atoms with E-state index in [2.05, 4.69) is 0 Å². The van der Waals surface area contributed by atoms with Gasteiger partial charge in [-0.1, -0.05) is 13.3 Å². The second-order valence-electron chi connectivity index (χ2n) is 4.28. The molecule has 0 unspecified atom stereocenters. The van der Waals surface area contributed by atoms with Crippen LogP contribution in [0.4, 0.5) is 39.5 Å². The zero-order chi connectivity index (χ0) is 20.9. The summed E-state index contributed by atoms with van der Waals surface area (Å²) < 4.78 is 176. The third-order valence-corrected chi connectivity index (χ3v) is 11.5. The molecule has 25 heavy (non-hydrogen) atoms. The van der Waals surface area contributed by atoms with E-state index >= 15 is 0 Å². The molecule has 0 amide bonds. The highest BCUT2D eigenvalue weighted by Gasteiger charge is 2.82. The number of sulfone groups is 3. The summed E-state index contributed by atoms with van der Waals surface area (Å²) in [6, 6.07) is 0. The molecule has 0 aromatic carbocycles. The number of halogens is 9. The molecule has 0 aromatic rings. The Kier molecular flexibility index (Phi) is 5.95. The van der Waals surface area contributed by atoms with E-state index in [0.717, 1.165) is 0 Å². The van der Waals surface area contributed by atoms with Gasteiger partial charge in [-0.15, -0.1) is 0 Å². The average molecular weight is 454 g/mol. The Labute approximate surface area is 134 Å². The Morgan fingerprint density at radius 3 is 0.880 bits per heavy atom. The van der Waals surface area contributed by atoms with E-state index in [9.17, 15) is 64.8 Å². The largest absolute Gasteiger partial charge is 0.500 e. The minimum absolute atomic E-state index is 0.485. The molecule has 0 heterocycles. The van der Waals surface area contributed by atoms with Crippen molar-refractivity contribution in [2.45, 2.75) is 39.7 Å². The fourth-order valence-electron chi connectivity index (χ4n) is 1.67. The SMILES string of the molecule is CCCC(S(=O)(=O)C(F)(F)F)(S(=O)(=O)C(F)(F)F)S(=O)(=O)C(F)(F)F. The highest BCUT2D eigenvalue weighted by Crippen LogP contribution is 2.52. The van der Waals surface area contributed by atoms with Crippen LogP contribution in [0.25, 0.3) is 0 Å². The molecule has 0 aliphatic heterocycles. The molecule has 0 fully saturated rings. The molecule has 6 nitrogen and oxygen atoms in total. The van der Waals surface area contributed by atoms with Crippen molar-refractivity contribution in [3.05, 3.63) is 0 Å². The van der Waals surface area contributed by atoms with Gasteiger partial charge in [0.15, 0.2) is 0 Å². The van der Waals surface area contributed by atoms with Gasteiger partial charge in [0, 0.05) is 0 Å². The van der Waals surface area contributed by atoms with E-state index in [1.54, 1.807) is 0 Å². The molecule has 0 rings (SSSR count). The van der Waals surface area contributed by atoms with E-state index in [0.29, 0.717) is 6.92 Å². The smallest absolute Gasteiger partial charge is 0.217 e. The first kappa shape index (κ1) is 24.2. The van der Waals surface area contributed by atoms with Gasteiger partial charge in [0.1, 0.15) is 0 Å². The van der Waals surface area contributed by atoms with Crippen molar-refractivity contribution in [2.24, 2.45) is 0 Å². The molecular formula is C7H7F9O6S3. The van der Waals surface area contributed by atoms with E-state index in [1.165, 1.54) is 0 Å². The lowest BCUT2D eigenvalue weighted by atomic mass is 10.4. The van der Waals surface area contributed by atoms with Gasteiger partial charge >= 0.3 is 16.5 Å². The van der Waals surface area contributed by atoms with Crippen LogP contribution in [-0.4, -0.2) is 45.2 Å². The molecule has 0 aliphatic carbocycles. The predicted octanol–water partition coefficient (Wildman–Crippen LogP) is 2.24. The molecule has 0 saturated carbocycles. The second kappa shape index (κ2) is 6.14. The van der Waals surface area contributed by atoms with E-state index in [-0.39, 0.29) is 0 Å². The van der Waals surface area contributed by atoms with E-state index in [1.807, 2.05) is 0 Å². The fourth-order valence-corrected chi connectivity index (χ4v) is 9.32. The van der Waals surface area contributed by atoms with Crippen LogP contribution in [-0.2, 0) is 29.5 Å². The average Bonchev–Trinajstić information content (AvgIpc) is 2.30. The summed E-state index contributed by atoms with van der Waals surface area (Å²) in [6.45, 7) is 0.485. The normalized spacial score (nSPS) is 16.1. The van der Waals surface area contributed by atoms with Crippen LogP contribution in [0, 0.1) is 0 Å². The Morgan fingerprint density at radius 1 is 0.560 bits per heavy atom. The maximum Gasteiger partial charge on any atom is 0.500 e. The summed E-state index contributed by atoms with van der Waals surface area (Å²) >= 11 is 0. The monoisotopic (exact) mass is 454 g/mol. The van der Waals surface area contributed by atoms with Gasteiger partial charge in [0.05, 0.1) is 0 Å². The third-order valence-electron chi connectivity index (χ3n) is 2.70. The number of hydrogen-bond donors (Lipinski definition) is 0. The zero-order valence-electron chi connectivity index (χ0n) is 11.5. The van der Waals surface area contributed by atoms with Gasteiger partial charge in [0.25, 0.3) is 32.9 Å². The van der Waals surface area contributed by atoms with Crippen LogP contribution in [0.1, 0.15) is 19.8 Å². The Bertz CT molecular complexity index is 705. The standard InChI is InChI=1S/C7H7F9O6S3/c1-2-3-4(23(17,18)5(8,9)10,24(19,20)6(11,12)13)25(21,22)7(14,15)16/h2-3H2,1H3. The molecule has 0 bridgehead atoms. The van der Waals surface area contributed by atoms with Crippen molar-refractivity contribution in [2.75, 3.05) is 0 Å². The molecule has 0 aromatic heterocycles. The van der Waals surface area contributed by atoms with Crippen molar-refractivity contribution < 1.29 is 64.8 Å². The fraction of sp³-hybridized carbons (Fsp3) is 1.00. The van der Waals surface area contributed by atoms with Crippen LogP contribution < -0.4 is 0 Å². The lowest BCUT2D eigenvalue weighted by molar-refractivity contribution is -0.0516. The topological polar surface area (TPSA) is 102 Å². The number of rotatable bonds is 5. The van der Waals surface area contributed by atoms with Gasteiger partial charge in [-0.25, -0.2) is 25.3 Å². The summed E-state index contributed by atoms with van der Waals surface area (Å²) in [6.07, 6.45) is -4.06. The molecule has 18 heteroatoms. The minimum Gasteiger partial charge on any atom is -0.217 e. The van der Waals surface area contributed by atoms with Gasteiger partial charge in [-0.2, -0.15) is 39.5 Å². The summed E-state index contributed by atoms with van der Waals surface area (Å²) in [7, 11) is -24.2. The molecule has 0 N–H and O–H groups in total. The summed E-state index contributed by atoms with van der Waals surface area (Å²) in [5.41, 5.74) is -21.2. The zero-order valence-corrected chi connectivity index (χ0v) is 13.9. The number of hydrogen-bond acceptors (Lipinski definition) is 6. The predicted molar refractivity (Wildman–Crippen MR) is 62.6 cm³/mol. The van der Waals surface area contributed by atoms with Crippen LogP contribution in [0.15, 0.2) is 0 Å². The molecule has 0 saturated heterocycles. The van der Waals surface area contributed by atoms with Crippen molar-refractivity contribution in [3.8, 4) is 0 Å². The first-order valence-corrected chi connectivity index (χ1v) is 9.94. The van der Waals surface area contributed by atoms with Gasteiger partial charge in [-0.3, -0.25) is 0 Å². The maximum atomic E-state index is 12.6. The summed E-state index contributed by atoms with van der Waals surface area (Å²) in [4.78, 5) is 0. The highest BCUT2D eigenvalue weighted by atomic mass is 32.3. The third kappa shape index (κ3) is 3.19. The van der Waals surface area contributed by atoms with E-state index < -0.39 is 62.3 Å². The molecule has 0 radical (unpaired) electrons. The first-order chi connectivity index (χ1) is 10.6. The molecule has 0 spiro atoms. The minimum atomic E-state index is -8.06. The van der Waals surface area contributed by atoms with Crippen LogP contribution in [0.5, 0.6) is 0 Å². The summed E-state index contributed by atoms with van der Waals surface area (Å²) in [5.74, 6) is 0. The van der Waals surface area contributed by atoms with Crippen molar-refractivity contribution >= 4 is 29.5 Å². The van der Waals surface area contributed by atoms with Crippen LogP contribution >= 0.6 is 0 Å². The molecular weight excluding hydrogens is 447 g/mol. The van der Waals surface area contributed by atoms with Gasteiger partial charge < -0.3 is 0 Å². The Morgan fingerprint density at radius 2 is 0.760 bits per heavy atom. The molecule has 152 valence electrons.